The van der Waals surface area contributed by atoms with E-state index in [-0.39, 0.29) is 12.3 Å². The Balaban J connectivity index is 3.70. The van der Waals surface area contributed by atoms with Gasteiger partial charge in [-0.3, -0.25) is 4.79 Å². The molecule has 0 heterocycles. The Labute approximate surface area is 86.8 Å². The van der Waals surface area contributed by atoms with E-state index in [1.54, 1.807) is 6.92 Å². The van der Waals surface area contributed by atoms with Gasteiger partial charge in [-0.05, 0) is 6.42 Å². The minimum Gasteiger partial charge on any atom is -0.436 e. The van der Waals surface area contributed by atoms with Gasteiger partial charge in [0, 0.05) is 12.8 Å². The van der Waals surface area contributed by atoms with Crippen LogP contribution in [-0.2, 0) is 14.3 Å². The first kappa shape index (κ1) is 13.4. The van der Waals surface area contributed by atoms with Crippen LogP contribution in [0.3, 0.4) is 0 Å². The molecule has 0 aliphatic rings. The summed E-state index contributed by atoms with van der Waals surface area (Å²) in [4.78, 5) is 11.0. The molecule has 0 rings (SSSR count). The van der Waals surface area contributed by atoms with Crippen LogP contribution in [0.4, 0.5) is 0 Å². The van der Waals surface area contributed by atoms with Gasteiger partial charge >= 0.3 is 5.97 Å². The smallest absolute Gasteiger partial charge is 0.307 e. The summed E-state index contributed by atoms with van der Waals surface area (Å²) >= 11 is 0. The summed E-state index contributed by atoms with van der Waals surface area (Å²) < 4.78 is 10.6. The first-order valence-corrected chi connectivity index (χ1v) is 5.55. The van der Waals surface area contributed by atoms with Gasteiger partial charge in [-0.1, -0.05) is 33.6 Å². The second-order valence-electron chi connectivity index (χ2n) is 3.29. The normalized spacial score (nSPS) is 12.5. The van der Waals surface area contributed by atoms with E-state index in [4.69, 9.17) is 9.47 Å². The van der Waals surface area contributed by atoms with E-state index < -0.39 is 0 Å². The van der Waals surface area contributed by atoms with Gasteiger partial charge in [0.05, 0.1) is 6.61 Å². The molecule has 0 amide bonds. The van der Waals surface area contributed by atoms with E-state index in [1.165, 1.54) is 0 Å². The fourth-order valence-electron chi connectivity index (χ4n) is 1.00. The fraction of sp³-hybridized carbons (Fsp3) is 0.909. The molecule has 1 unspecified atom stereocenters. The average molecular weight is 202 g/mol. The lowest BCUT2D eigenvalue weighted by atomic mass is 10.3. The SMILES string of the molecule is CCCCOC(CCC)OC(=O)CC. The zero-order valence-corrected chi connectivity index (χ0v) is 9.54. The summed E-state index contributed by atoms with van der Waals surface area (Å²) in [5, 5.41) is 0. The Hall–Kier alpha value is -0.570. The van der Waals surface area contributed by atoms with Gasteiger partial charge in [-0.25, -0.2) is 0 Å². The van der Waals surface area contributed by atoms with E-state index in [0.29, 0.717) is 13.0 Å². The van der Waals surface area contributed by atoms with Gasteiger partial charge in [-0.15, -0.1) is 0 Å². The highest BCUT2D eigenvalue weighted by molar-refractivity contribution is 5.68. The second kappa shape index (κ2) is 9.00. The summed E-state index contributed by atoms with van der Waals surface area (Å²) in [5.41, 5.74) is 0. The number of hydrogen-bond donors (Lipinski definition) is 0. The molecule has 0 aliphatic heterocycles. The molecule has 3 heteroatoms. The van der Waals surface area contributed by atoms with Crippen molar-refractivity contribution >= 4 is 5.97 Å². The van der Waals surface area contributed by atoms with Crippen LogP contribution in [0.1, 0.15) is 52.9 Å². The van der Waals surface area contributed by atoms with Crippen LogP contribution in [0.15, 0.2) is 0 Å². The monoisotopic (exact) mass is 202 g/mol. The second-order valence-corrected chi connectivity index (χ2v) is 3.29. The quantitative estimate of drug-likeness (QED) is 0.345. The van der Waals surface area contributed by atoms with E-state index in [9.17, 15) is 4.79 Å². The third-order valence-corrected chi connectivity index (χ3v) is 1.88. The van der Waals surface area contributed by atoms with Gasteiger partial charge in [0.2, 0.25) is 6.29 Å². The largest absolute Gasteiger partial charge is 0.436 e. The zero-order chi connectivity index (χ0) is 10.8. The Morgan fingerprint density at radius 2 is 1.93 bits per heavy atom. The average Bonchev–Trinajstić information content (AvgIpc) is 2.18. The van der Waals surface area contributed by atoms with Crippen molar-refractivity contribution in [2.45, 2.75) is 59.2 Å². The third-order valence-electron chi connectivity index (χ3n) is 1.88. The molecule has 0 spiro atoms. The molecule has 0 fully saturated rings. The molecule has 0 aromatic rings. The number of esters is 1. The highest BCUT2D eigenvalue weighted by atomic mass is 16.7. The van der Waals surface area contributed by atoms with Gasteiger partial charge in [0.15, 0.2) is 0 Å². The minimum atomic E-state index is -0.334. The Kier molecular flexibility index (Phi) is 8.64. The molecule has 3 nitrogen and oxygen atoms in total. The molecule has 0 aromatic carbocycles. The van der Waals surface area contributed by atoms with Crippen molar-refractivity contribution < 1.29 is 14.3 Å². The van der Waals surface area contributed by atoms with Crippen LogP contribution in [0.25, 0.3) is 0 Å². The molecule has 0 N–H and O–H groups in total. The number of ether oxygens (including phenoxy) is 2. The van der Waals surface area contributed by atoms with Crippen LogP contribution in [0.2, 0.25) is 0 Å². The Bertz CT molecular complexity index is 145. The van der Waals surface area contributed by atoms with E-state index >= 15 is 0 Å². The van der Waals surface area contributed by atoms with Crippen molar-refractivity contribution in [3.05, 3.63) is 0 Å². The molecule has 0 saturated heterocycles. The lowest BCUT2D eigenvalue weighted by molar-refractivity contribution is -0.180. The van der Waals surface area contributed by atoms with E-state index in [1.807, 2.05) is 0 Å². The van der Waals surface area contributed by atoms with Crippen LogP contribution >= 0.6 is 0 Å². The fourth-order valence-corrected chi connectivity index (χ4v) is 1.00. The van der Waals surface area contributed by atoms with Crippen molar-refractivity contribution in [1.29, 1.82) is 0 Å². The third kappa shape index (κ3) is 6.89. The standard InChI is InChI=1S/C11H22O3/c1-4-7-9-13-11(8-5-2)14-10(12)6-3/h11H,4-9H2,1-3H3. The summed E-state index contributed by atoms with van der Waals surface area (Å²) in [6, 6.07) is 0. The van der Waals surface area contributed by atoms with Crippen LogP contribution < -0.4 is 0 Å². The molecular formula is C11H22O3. The Morgan fingerprint density at radius 3 is 2.43 bits per heavy atom. The predicted octanol–water partition coefficient (Wildman–Crippen LogP) is 2.88. The number of carbonyl (C=O) groups is 1. The van der Waals surface area contributed by atoms with Crippen LogP contribution in [-0.4, -0.2) is 18.9 Å². The highest BCUT2D eigenvalue weighted by Gasteiger charge is 2.11. The minimum absolute atomic E-state index is 0.181. The molecule has 0 saturated carbocycles. The maximum absolute atomic E-state index is 11.0. The topological polar surface area (TPSA) is 35.5 Å². The number of hydrogen-bond acceptors (Lipinski definition) is 3. The van der Waals surface area contributed by atoms with Crippen molar-refractivity contribution in [3.8, 4) is 0 Å². The lowest BCUT2D eigenvalue weighted by Crippen LogP contribution is -2.21. The van der Waals surface area contributed by atoms with Gasteiger partial charge in [0.25, 0.3) is 0 Å². The van der Waals surface area contributed by atoms with Gasteiger partial charge in [-0.2, -0.15) is 0 Å². The summed E-state index contributed by atoms with van der Waals surface area (Å²) in [5.74, 6) is -0.181. The van der Waals surface area contributed by atoms with Gasteiger partial charge in [0.1, 0.15) is 0 Å². The molecule has 0 aliphatic carbocycles. The van der Waals surface area contributed by atoms with Crippen molar-refractivity contribution in [2.24, 2.45) is 0 Å². The maximum Gasteiger partial charge on any atom is 0.307 e. The van der Waals surface area contributed by atoms with Crippen molar-refractivity contribution in [3.63, 3.8) is 0 Å². The van der Waals surface area contributed by atoms with Crippen molar-refractivity contribution in [2.75, 3.05) is 6.61 Å². The zero-order valence-electron chi connectivity index (χ0n) is 9.54. The number of unbranched alkanes of at least 4 members (excludes halogenated alkanes) is 1. The van der Waals surface area contributed by atoms with E-state index in [0.717, 1.165) is 25.7 Å². The highest BCUT2D eigenvalue weighted by Crippen LogP contribution is 2.06. The summed E-state index contributed by atoms with van der Waals surface area (Å²) in [6.45, 7) is 6.63. The molecule has 0 radical (unpaired) electrons. The predicted molar refractivity (Wildman–Crippen MR) is 55.9 cm³/mol. The number of rotatable bonds is 8. The first-order chi connectivity index (χ1) is 6.74. The molecule has 84 valence electrons. The molecule has 0 aromatic heterocycles. The summed E-state index contributed by atoms with van der Waals surface area (Å²) in [7, 11) is 0. The van der Waals surface area contributed by atoms with Crippen molar-refractivity contribution in [1.82, 2.24) is 0 Å². The van der Waals surface area contributed by atoms with Crippen LogP contribution in [0, 0.1) is 0 Å². The molecular weight excluding hydrogens is 180 g/mol. The lowest BCUT2D eigenvalue weighted by Gasteiger charge is -2.17. The van der Waals surface area contributed by atoms with Gasteiger partial charge < -0.3 is 9.47 Å². The molecule has 1 atom stereocenters. The van der Waals surface area contributed by atoms with Crippen LogP contribution in [0.5, 0.6) is 0 Å². The Morgan fingerprint density at radius 1 is 1.21 bits per heavy atom. The molecule has 0 bridgehead atoms. The number of carbonyl (C=O) groups excluding carboxylic acids is 1. The maximum atomic E-state index is 11.0. The summed E-state index contributed by atoms with van der Waals surface area (Å²) in [6.07, 6.45) is 3.95. The first-order valence-electron chi connectivity index (χ1n) is 5.55. The van der Waals surface area contributed by atoms with E-state index in [2.05, 4.69) is 13.8 Å². The molecule has 14 heavy (non-hydrogen) atoms.